The number of carbonyl (C=O) groups excluding carboxylic acids is 1. The first-order chi connectivity index (χ1) is 11.7. The fraction of sp³-hybridized carbons (Fsp3) is 0.632. The highest BCUT2D eigenvalue weighted by Crippen LogP contribution is 2.43. The van der Waals surface area contributed by atoms with Gasteiger partial charge in [0, 0.05) is 31.7 Å². The molecule has 3 atom stereocenters. The van der Waals surface area contributed by atoms with E-state index in [4.69, 9.17) is 4.74 Å². The summed E-state index contributed by atoms with van der Waals surface area (Å²) in [5, 5.41) is 0.443. The summed E-state index contributed by atoms with van der Waals surface area (Å²) in [7, 11) is 1.73. The van der Waals surface area contributed by atoms with E-state index in [1.165, 1.54) is 17.5 Å². The second kappa shape index (κ2) is 6.68. The van der Waals surface area contributed by atoms with Gasteiger partial charge in [-0.3, -0.25) is 9.69 Å². The molecule has 5 heteroatoms. The lowest BCUT2D eigenvalue weighted by atomic mass is 9.76. The Hall–Kier alpha value is -1.07. The second-order valence-electron chi connectivity index (χ2n) is 7.25. The van der Waals surface area contributed by atoms with Gasteiger partial charge < -0.3 is 9.64 Å². The minimum atomic E-state index is 0.254. The molecule has 3 heterocycles. The molecule has 4 nitrogen and oxygen atoms in total. The van der Waals surface area contributed by atoms with E-state index in [9.17, 15) is 4.79 Å². The van der Waals surface area contributed by atoms with E-state index in [2.05, 4.69) is 43.9 Å². The number of alkyl halides is 1. The van der Waals surface area contributed by atoms with Gasteiger partial charge in [0.15, 0.2) is 0 Å². The molecule has 0 radical (unpaired) electrons. The number of ether oxygens (including phenoxy) is 1. The quantitative estimate of drug-likeness (QED) is 0.725. The van der Waals surface area contributed by atoms with Crippen LogP contribution in [0.4, 0.5) is 0 Å². The maximum absolute atomic E-state index is 12.4. The van der Waals surface area contributed by atoms with Gasteiger partial charge in [-0.05, 0) is 54.9 Å². The third kappa shape index (κ3) is 2.76. The van der Waals surface area contributed by atoms with E-state index < -0.39 is 0 Å². The molecule has 0 bridgehead atoms. The predicted octanol–water partition coefficient (Wildman–Crippen LogP) is 3.00. The van der Waals surface area contributed by atoms with Crippen LogP contribution in [0.2, 0.25) is 0 Å². The largest absolute Gasteiger partial charge is 0.497 e. The fourth-order valence-corrected chi connectivity index (χ4v) is 5.27. The first kappa shape index (κ1) is 16.4. The third-order valence-electron chi connectivity index (χ3n) is 6.11. The molecular formula is C19H25BrN2O2. The summed E-state index contributed by atoms with van der Waals surface area (Å²) >= 11 is 3.36. The number of nitrogens with zero attached hydrogens (tertiary/aromatic N) is 2. The summed E-state index contributed by atoms with van der Waals surface area (Å²) in [6.45, 7) is 3.18. The summed E-state index contributed by atoms with van der Waals surface area (Å²) in [6.07, 6.45) is 4.58. The molecule has 1 aromatic rings. The molecule has 4 rings (SSSR count). The average Bonchev–Trinajstić information content (AvgIpc) is 2.64. The molecule has 2 fully saturated rings. The van der Waals surface area contributed by atoms with Crippen LogP contribution in [0.15, 0.2) is 18.2 Å². The van der Waals surface area contributed by atoms with Crippen LogP contribution in [0.25, 0.3) is 0 Å². The minimum Gasteiger partial charge on any atom is -0.497 e. The van der Waals surface area contributed by atoms with Gasteiger partial charge in [-0.25, -0.2) is 0 Å². The van der Waals surface area contributed by atoms with E-state index in [0.717, 1.165) is 44.6 Å². The number of halogens is 1. The molecule has 0 aliphatic carbocycles. The Morgan fingerprint density at radius 2 is 2.25 bits per heavy atom. The molecule has 3 aliphatic rings. The highest BCUT2D eigenvalue weighted by Gasteiger charge is 2.43. The number of benzene rings is 1. The molecule has 0 saturated carbocycles. The zero-order valence-corrected chi connectivity index (χ0v) is 15.8. The third-order valence-corrected chi connectivity index (χ3v) is 6.58. The maximum atomic E-state index is 12.4. The van der Waals surface area contributed by atoms with E-state index >= 15 is 0 Å². The Morgan fingerprint density at radius 3 is 3.04 bits per heavy atom. The number of hydrogen-bond acceptors (Lipinski definition) is 3. The van der Waals surface area contributed by atoms with Gasteiger partial charge >= 0.3 is 0 Å². The van der Waals surface area contributed by atoms with Gasteiger partial charge in [0.2, 0.25) is 5.91 Å². The van der Waals surface area contributed by atoms with Crippen molar-refractivity contribution in [1.29, 1.82) is 0 Å². The van der Waals surface area contributed by atoms with Crippen molar-refractivity contribution in [3.63, 3.8) is 0 Å². The first-order valence-electron chi connectivity index (χ1n) is 8.97. The van der Waals surface area contributed by atoms with Crippen molar-refractivity contribution < 1.29 is 9.53 Å². The van der Waals surface area contributed by atoms with E-state index in [-0.39, 0.29) is 5.91 Å². The van der Waals surface area contributed by atoms with Crippen LogP contribution in [0.1, 0.15) is 36.4 Å². The standard InChI is InChI=1S/C19H25BrN2O2/c1-24-15-4-5-16-13(9-15)6-8-21-12-14-3-2-7-22(19(23)11-20)17(14)10-18(16)21/h4-5,9,14,17-18H,2-3,6-8,10-12H2,1H3/t14-,17+,18+/m1/s1. The summed E-state index contributed by atoms with van der Waals surface area (Å²) < 4.78 is 5.39. The number of amides is 1. The Balaban J connectivity index is 1.62. The number of hydrogen-bond donors (Lipinski definition) is 0. The Kier molecular flexibility index (Phi) is 4.56. The zero-order chi connectivity index (χ0) is 16.7. The van der Waals surface area contributed by atoms with E-state index in [1.54, 1.807) is 7.11 Å². The van der Waals surface area contributed by atoms with Crippen molar-refractivity contribution in [2.45, 2.75) is 37.8 Å². The van der Waals surface area contributed by atoms with Crippen LogP contribution < -0.4 is 4.74 Å². The summed E-state index contributed by atoms with van der Waals surface area (Å²) in [4.78, 5) is 17.2. The van der Waals surface area contributed by atoms with Crippen LogP contribution in [0.5, 0.6) is 5.75 Å². The molecule has 3 aliphatic heterocycles. The van der Waals surface area contributed by atoms with Crippen LogP contribution in [-0.2, 0) is 11.2 Å². The van der Waals surface area contributed by atoms with Crippen molar-refractivity contribution in [1.82, 2.24) is 9.80 Å². The summed E-state index contributed by atoms with van der Waals surface area (Å²) in [5.41, 5.74) is 2.86. The first-order valence-corrected chi connectivity index (χ1v) is 10.1. The molecule has 0 aromatic heterocycles. The van der Waals surface area contributed by atoms with Crippen LogP contribution in [0, 0.1) is 5.92 Å². The van der Waals surface area contributed by atoms with Gasteiger partial charge in [-0.15, -0.1) is 0 Å². The minimum absolute atomic E-state index is 0.254. The van der Waals surface area contributed by atoms with Crippen LogP contribution in [0.3, 0.4) is 0 Å². The van der Waals surface area contributed by atoms with Gasteiger partial charge in [-0.2, -0.15) is 0 Å². The molecular weight excluding hydrogens is 368 g/mol. The normalized spacial score (nSPS) is 29.4. The highest BCUT2D eigenvalue weighted by molar-refractivity contribution is 9.09. The number of carbonyl (C=O) groups is 1. The number of rotatable bonds is 2. The highest BCUT2D eigenvalue weighted by atomic mass is 79.9. The zero-order valence-electron chi connectivity index (χ0n) is 14.2. The van der Waals surface area contributed by atoms with Gasteiger partial charge in [0.1, 0.15) is 5.75 Å². The fourth-order valence-electron chi connectivity index (χ4n) is 4.95. The lowest BCUT2D eigenvalue weighted by Crippen LogP contribution is -2.57. The molecule has 0 unspecified atom stereocenters. The topological polar surface area (TPSA) is 32.8 Å². The van der Waals surface area contributed by atoms with E-state index in [0.29, 0.717) is 23.3 Å². The lowest BCUT2D eigenvalue weighted by molar-refractivity contribution is -0.136. The summed E-state index contributed by atoms with van der Waals surface area (Å²) in [6, 6.07) is 7.37. The lowest BCUT2D eigenvalue weighted by Gasteiger charge is -2.52. The molecule has 0 N–H and O–H groups in total. The van der Waals surface area contributed by atoms with Crippen LogP contribution >= 0.6 is 15.9 Å². The molecule has 2 saturated heterocycles. The second-order valence-corrected chi connectivity index (χ2v) is 7.81. The van der Waals surface area contributed by atoms with Gasteiger partial charge in [0.05, 0.1) is 12.4 Å². The van der Waals surface area contributed by atoms with Crippen LogP contribution in [-0.4, -0.2) is 53.8 Å². The molecule has 130 valence electrons. The maximum Gasteiger partial charge on any atom is 0.233 e. The molecule has 1 aromatic carbocycles. The smallest absolute Gasteiger partial charge is 0.233 e. The van der Waals surface area contributed by atoms with Crippen molar-refractivity contribution in [2.24, 2.45) is 5.92 Å². The van der Waals surface area contributed by atoms with Crippen molar-refractivity contribution >= 4 is 21.8 Å². The number of likely N-dealkylation sites (tertiary alicyclic amines) is 1. The average molecular weight is 393 g/mol. The monoisotopic (exact) mass is 392 g/mol. The number of fused-ring (bicyclic) bond motifs is 4. The molecule has 24 heavy (non-hydrogen) atoms. The molecule has 1 amide bonds. The Labute approximate surface area is 152 Å². The van der Waals surface area contributed by atoms with Crippen molar-refractivity contribution in [3.05, 3.63) is 29.3 Å². The predicted molar refractivity (Wildman–Crippen MR) is 97.6 cm³/mol. The Morgan fingerprint density at radius 1 is 1.38 bits per heavy atom. The number of piperidine rings is 2. The van der Waals surface area contributed by atoms with Gasteiger partial charge in [0.25, 0.3) is 0 Å². The van der Waals surface area contributed by atoms with Gasteiger partial charge in [-0.1, -0.05) is 22.0 Å². The SMILES string of the molecule is COc1ccc2c(c1)CCN1C[C@H]3CCCN(C(=O)CBr)[C@H]3C[C@@H]21. The molecule has 0 spiro atoms. The van der Waals surface area contributed by atoms with E-state index in [1.807, 2.05) is 0 Å². The summed E-state index contributed by atoms with van der Waals surface area (Å²) in [5.74, 6) is 1.84. The van der Waals surface area contributed by atoms with Crippen molar-refractivity contribution in [3.8, 4) is 5.75 Å². The van der Waals surface area contributed by atoms with Crippen molar-refractivity contribution in [2.75, 3.05) is 32.1 Å². The Bertz CT molecular complexity index is 636. The number of methoxy groups -OCH3 is 1.